The lowest BCUT2D eigenvalue weighted by atomic mass is 10.0. The Morgan fingerprint density at radius 1 is 1.16 bits per heavy atom. The quantitative estimate of drug-likeness (QED) is 0.705. The van der Waals surface area contributed by atoms with Gasteiger partial charge in [-0.1, -0.05) is 0 Å². The van der Waals surface area contributed by atoms with Gasteiger partial charge in [0.15, 0.2) is 11.5 Å². The van der Waals surface area contributed by atoms with Gasteiger partial charge in [0.05, 0.1) is 19.3 Å². The number of hydrogen-bond acceptors (Lipinski definition) is 6. The van der Waals surface area contributed by atoms with Gasteiger partial charge in [-0.15, -0.1) is 11.3 Å². The van der Waals surface area contributed by atoms with E-state index in [1.165, 1.54) is 34.8 Å². The fraction of sp³-hybridized carbons (Fsp3) is 0.583. The third-order valence-corrected chi connectivity index (χ3v) is 7.56. The zero-order chi connectivity index (χ0) is 21.2. The minimum Gasteiger partial charge on any atom is -0.493 e. The van der Waals surface area contributed by atoms with Crippen LogP contribution in [-0.4, -0.2) is 48.1 Å². The fourth-order valence-electron chi connectivity index (χ4n) is 4.44. The number of carbonyl (C=O) groups excluding carboxylic acids is 1. The first kappa shape index (κ1) is 20.8. The van der Waals surface area contributed by atoms with Gasteiger partial charge in [-0.05, 0) is 69.6 Å². The number of thiazole rings is 1. The smallest absolute Gasteiger partial charge is 0.251 e. The summed E-state index contributed by atoms with van der Waals surface area (Å²) in [6.07, 6.45) is 9.18. The fourth-order valence-corrected chi connectivity index (χ4v) is 5.63. The van der Waals surface area contributed by atoms with E-state index in [0.717, 1.165) is 51.7 Å². The lowest BCUT2D eigenvalue weighted by molar-refractivity contribution is 0.0922. The van der Waals surface area contributed by atoms with Crippen LogP contribution in [0.5, 0.6) is 11.5 Å². The van der Waals surface area contributed by atoms with Crippen LogP contribution in [0, 0.1) is 0 Å². The van der Waals surface area contributed by atoms with Crippen LogP contribution in [0.4, 0.5) is 0 Å². The predicted molar refractivity (Wildman–Crippen MR) is 121 cm³/mol. The molecule has 3 aliphatic rings. The van der Waals surface area contributed by atoms with Gasteiger partial charge in [-0.3, -0.25) is 9.69 Å². The molecule has 5 rings (SSSR count). The molecule has 1 amide bonds. The van der Waals surface area contributed by atoms with E-state index in [2.05, 4.69) is 10.2 Å². The number of rotatable bonds is 7. The number of fused-ring (bicyclic) bond motifs is 1. The van der Waals surface area contributed by atoms with Gasteiger partial charge in [0.25, 0.3) is 5.91 Å². The van der Waals surface area contributed by atoms with Crippen molar-refractivity contribution in [3.63, 3.8) is 0 Å². The van der Waals surface area contributed by atoms with Gasteiger partial charge in [0.1, 0.15) is 11.1 Å². The molecule has 2 aromatic rings. The summed E-state index contributed by atoms with van der Waals surface area (Å²) in [6.45, 7) is 2.95. The van der Waals surface area contributed by atoms with E-state index in [9.17, 15) is 4.79 Å². The van der Waals surface area contributed by atoms with Gasteiger partial charge < -0.3 is 14.8 Å². The van der Waals surface area contributed by atoms with E-state index in [1.54, 1.807) is 13.2 Å². The van der Waals surface area contributed by atoms with E-state index in [0.29, 0.717) is 23.1 Å². The van der Waals surface area contributed by atoms with Crippen molar-refractivity contribution in [1.82, 2.24) is 15.2 Å². The normalized spacial score (nSPS) is 19.6. The van der Waals surface area contributed by atoms with Crippen molar-refractivity contribution < 1.29 is 14.3 Å². The maximum absolute atomic E-state index is 12.4. The highest BCUT2D eigenvalue weighted by Gasteiger charge is 2.26. The summed E-state index contributed by atoms with van der Waals surface area (Å²) < 4.78 is 11.8. The minimum absolute atomic E-state index is 0.0315. The first-order valence-corrected chi connectivity index (χ1v) is 12.3. The molecule has 2 aliphatic carbocycles. The van der Waals surface area contributed by atoms with Crippen molar-refractivity contribution in [1.29, 1.82) is 0 Å². The number of aromatic nitrogens is 1. The average Bonchev–Trinajstić information content (AvgIpc) is 3.51. The van der Waals surface area contributed by atoms with Gasteiger partial charge >= 0.3 is 0 Å². The molecule has 0 unspecified atom stereocenters. The topological polar surface area (TPSA) is 63.7 Å². The Morgan fingerprint density at radius 3 is 2.71 bits per heavy atom. The first-order chi connectivity index (χ1) is 15.2. The molecule has 2 fully saturated rings. The van der Waals surface area contributed by atoms with Crippen LogP contribution < -0.4 is 14.8 Å². The van der Waals surface area contributed by atoms with Crippen LogP contribution in [0.15, 0.2) is 18.2 Å². The number of nitrogens with zero attached hydrogens (tertiary/aromatic N) is 2. The zero-order valence-electron chi connectivity index (χ0n) is 18.2. The number of benzene rings is 1. The summed E-state index contributed by atoms with van der Waals surface area (Å²) in [4.78, 5) is 21.3. The number of aryl methyl sites for hydroxylation is 2. The number of piperidine rings is 1. The molecule has 0 spiro atoms. The largest absolute Gasteiger partial charge is 0.493 e. The molecule has 2 heterocycles. The Bertz CT molecular complexity index is 909. The second-order valence-electron chi connectivity index (χ2n) is 8.89. The SMILES string of the molecule is COc1ccc(C(=O)NC2CC2)cc1OC1CCN(Cc2nc3c(s2)CCCC3)CC1. The monoisotopic (exact) mass is 441 g/mol. The Morgan fingerprint density at radius 2 is 1.97 bits per heavy atom. The van der Waals surface area contributed by atoms with E-state index in [4.69, 9.17) is 14.5 Å². The van der Waals surface area contributed by atoms with Gasteiger partial charge in [0, 0.05) is 29.6 Å². The van der Waals surface area contributed by atoms with Gasteiger partial charge in [-0.2, -0.15) is 0 Å². The molecule has 0 atom stereocenters. The highest BCUT2D eigenvalue weighted by Crippen LogP contribution is 2.32. The Kier molecular flexibility index (Phi) is 6.14. The summed E-state index contributed by atoms with van der Waals surface area (Å²) in [6, 6.07) is 5.80. The predicted octanol–water partition coefficient (Wildman–Crippen LogP) is 3.97. The number of ether oxygens (including phenoxy) is 2. The van der Waals surface area contributed by atoms with Crippen LogP contribution in [0.3, 0.4) is 0 Å². The molecule has 1 saturated heterocycles. The summed E-state index contributed by atoms with van der Waals surface area (Å²) in [7, 11) is 1.64. The lowest BCUT2D eigenvalue weighted by Gasteiger charge is -2.31. The Balaban J connectivity index is 1.17. The van der Waals surface area contributed by atoms with Crippen molar-refractivity contribution in [3.05, 3.63) is 39.3 Å². The number of hydrogen-bond donors (Lipinski definition) is 1. The maximum atomic E-state index is 12.4. The Hall–Kier alpha value is -2.12. The van der Waals surface area contributed by atoms with E-state index < -0.39 is 0 Å². The van der Waals surface area contributed by atoms with Crippen molar-refractivity contribution in [3.8, 4) is 11.5 Å². The van der Waals surface area contributed by atoms with Crippen molar-refractivity contribution in [2.45, 2.75) is 70.1 Å². The highest BCUT2D eigenvalue weighted by atomic mass is 32.1. The molecule has 1 N–H and O–H groups in total. The summed E-state index contributed by atoms with van der Waals surface area (Å²) in [5.74, 6) is 1.31. The van der Waals surface area contributed by atoms with E-state index >= 15 is 0 Å². The molecular formula is C24H31N3O3S. The number of likely N-dealkylation sites (tertiary alicyclic amines) is 1. The molecule has 0 bridgehead atoms. The average molecular weight is 442 g/mol. The first-order valence-electron chi connectivity index (χ1n) is 11.5. The number of nitrogens with one attached hydrogen (secondary N) is 1. The number of methoxy groups -OCH3 is 1. The lowest BCUT2D eigenvalue weighted by Crippen LogP contribution is -2.37. The third-order valence-electron chi connectivity index (χ3n) is 6.42. The van der Waals surface area contributed by atoms with Crippen LogP contribution in [0.1, 0.15) is 64.5 Å². The van der Waals surface area contributed by atoms with Crippen LogP contribution in [-0.2, 0) is 19.4 Å². The summed E-state index contributed by atoms with van der Waals surface area (Å²) >= 11 is 1.91. The molecule has 31 heavy (non-hydrogen) atoms. The molecule has 1 aliphatic heterocycles. The summed E-state index contributed by atoms with van der Waals surface area (Å²) in [5, 5.41) is 4.30. The van der Waals surface area contributed by atoms with Gasteiger partial charge in [0.2, 0.25) is 0 Å². The molecule has 166 valence electrons. The molecule has 1 saturated carbocycles. The van der Waals surface area contributed by atoms with E-state index in [1.807, 2.05) is 23.5 Å². The molecule has 1 aromatic heterocycles. The second kappa shape index (κ2) is 9.17. The molecule has 0 radical (unpaired) electrons. The van der Waals surface area contributed by atoms with Gasteiger partial charge in [-0.25, -0.2) is 4.98 Å². The third kappa shape index (κ3) is 5.04. The molecular weight excluding hydrogens is 410 g/mol. The minimum atomic E-state index is -0.0315. The number of amides is 1. The van der Waals surface area contributed by atoms with Crippen molar-refractivity contribution in [2.24, 2.45) is 0 Å². The number of carbonyl (C=O) groups is 1. The van der Waals surface area contributed by atoms with Crippen molar-refractivity contribution in [2.75, 3.05) is 20.2 Å². The summed E-state index contributed by atoms with van der Waals surface area (Å²) in [5.41, 5.74) is 1.98. The second-order valence-corrected chi connectivity index (χ2v) is 10.1. The molecule has 7 heteroatoms. The highest BCUT2D eigenvalue weighted by molar-refractivity contribution is 7.11. The van der Waals surface area contributed by atoms with E-state index in [-0.39, 0.29) is 12.0 Å². The van der Waals surface area contributed by atoms with Crippen molar-refractivity contribution >= 4 is 17.2 Å². The Labute approximate surface area is 188 Å². The molecule has 1 aromatic carbocycles. The van der Waals surface area contributed by atoms with Crippen LogP contribution >= 0.6 is 11.3 Å². The standard InChI is InChI=1S/C24H31N3O3S/c1-29-20-9-6-16(24(28)25-17-7-8-17)14-21(20)30-18-10-12-27(13-11-18)15-23-26-19-4-2-3-5-22(19)31-23/h6,9,14,17-18H,2-5,7-8,10-13,15H2,1H3,(H,25,28). The van der Waals surface area contributed by atoms with Crippen LogP contribution in [0.2, 0.25) is 0 Å². The zero-order valence-corrected chi connectivity index (χ0v) is 19.0. The maximum Gasteiger partial charge on any atom is 0.251 e. The van der Waals surface area contributed by atoms with Crippen LogP contribution in [0.25, 0.3) is 0 Å². The molecule has 6 nitrogen and oxygen atoms in total.